The van der Waals surface area contributed by atoms with Gasteiger partial charge in [-0.25, -0.2) is 0 Å². The van der Waals surface area contributed by atoms with Crippen LogP contribution in [0, 0.1) is 5.41 Å². The number of benzene rings is 1. The summed E-state index contributed by atoms with van der Waals surface area (Å²) in [6.07, 6.45) is 1.53. The Hall–Kier alpha value is -1.43. The average molecular weight is 333 g/mol. The summed E-state index contributed by atoms with van der Waals surface area (Å²) in [6, 6.07) is 10.5. The maximum atomic E-state index is 12.7. The zero-order valence-electron chi connectivity index (χ0n) is 15.0. The summed E-state index contributed by atoms with van der Waals surface area (Å²) in [6.45, 7) is 8.32. The monoisotopic (exact) mass is 333 g/mol. The third kappa shape index (κ3) is 4.35. The van der Waals surface area contributed by atoms with Crippen molar-refractivity contribution in [2.45, 2.75) is 32.7 Å². The molecular weight excluding hydrogens is 302 g/mol. The first-order valence-corrected chi connectivity index (χ1v) is 9.02. The van der Waals surface area contributed by atoms with Gasteiger partial charge in [0.2, 0.25) is 5.91 Å². The smallest absolute Gasteiger partial charge is 0.227 e. The maximum absolute atomic E-state index is 12.7. The molecule has 1 atom stereocenters. The summed E-state index contributed by atoms with van der Waals surface area (Å²) in [5.41, 5.74) is 6.68. The topological polar surface area (TPSA) is 67.6 Å². The second-order valence-corrected chi connectivity index (χ2v) is 6.48. The van der Waals surface area contributed by atoms with Crippen molar-refractivity contribution in [2.24, 2.45) is 11.1 Å². The van der Waals surface area contributed by atoms with Crippen LogP contribution in [0.15, 0.2) is 30.3 Å². The zero-order valence-corrected chi connectivity index (χ0v) is 15.0. The number of ether oxygens (including phenoxy) is 1. The molecule has 0 saturated carbocycles. The molecular formula is C19H31N3O2. The van der Waals surface area contributed by atoms with E-state index in [0.717, 1.165) is 39.1 Å². The zero-order chi connectivity index (χ0) is 17.4. The van der Waals surface area contributed by atoms with E-state index in [0.29, 0.717) is 13.1 Å². The van der Waals surface area contributed by atoms with Gasteiger partial charge in [0.15, 0.2) is 0 Å². The fourth-order valence-electron chi connectivity index (χ4n) is 3.35. The summed E-state index contributed by atoms with van der Waals surface area (Å²) >= 11 is 0. The summed E-state index contributed by atoms with van der Waals surface area (Å²) in [4.78, 5) is 15.1. The van der Waals surface area contributed by atoms with Gasteiger partial charge >= 0.3 is 0 Å². The van der Waals surface area contributed by atoms with Crippen LogP contribution in [0.25, 0.3) is 0 Å². The number of rotatable bonds is 8. The van der Waals surface area contributed by atoms with Crippen LogP contribution in [0.2, 0.25) is 0 Å². The van der Waals surface area contributed by atoms with Crippen molar-refractivity contribution in [1.82, 2.24) is 10.2 Å². The Morgan fingerprint density at radius 2 is 1.88 bits per heavy atom. The molecule has 1 amide bonds. The largest absolute Gasteiger partial charge is 0.379 e. The molecule has 2 rings (SSSR count). The quantitative estimate of drug-likeness (QED) is 0.763. The number of hydrogen-bond acceptors (Lipinski definition) is 4. The van der Waals surface area contributed by atoms with E-state index in [9.17, 15) is 4.79 Å². The van der Waals surface area contributed by atoms with Gasteiger partial charge in [-0.2, -0.15) is 0 Å². The van der Waals surface area contributed by atoms with Gasteiger partial charge in [-0.3, -0.25) is 9.69 Å². The minimum absolute atomic E-state index is 0.0733. The molecule has 0 bridgehead atoms. The summed E-state index contributed by atoms with van der Waals surface area (Å²) in [7, 11) is 0. The number of carbonyl (C=O) groups is 1. The fraction of sp³-hybridized carbons (Fsp3) is 0.632. The molecule has 1 saturated heterocycles. The van der Waals surface area contributed by atoms with E-state index in [-0.39, 0.29) is 11.9 Å². The molecule has 1 aromatic rings. The highest BCUT2D eigenvalue weighted by molar-refractivity contribution is 5.82. The Labute approximate surface area is 145 Å². The molecule has 1 unspecified atom stereocenters. The van der Waals surface area contributed by atoms with Crippen molar-refractivity contribution in [3.8, 4) is 0 Å². The number of nitrogens with one attached hydrogen (secondary N) is 1. The molecule has 1 aromatic carbocycles. The predicted octanol–water partition coefficient (Wildman–Crippen LogP) is 1.94. The first kappa shape index (κ1) is 18.9. The lowest BCUT2D eigenvalue weighted by molar-refractivity contribution is -0.131. The number of carbonyl (C=O) groups excluding carboxylic acids is 1. The van der Waals surface area contributed by atoms with Crippen LogP contribution in [0.5, 0.6) is 0 Å². The molecule has 1 aliphatic rings. The van der Waals surface area contributed by atoms with Gasteiger partial charge in [-0.1, -0.05) is 44.2 Å². The van der Waals surface area contributed by atoms with Crippen LogP contribution in [0.4, 0.5) is 0 Å². The highest BCUT2D eigenvalue weighted by atomic mass is 16.5. The van der Waals surface area contributed by atoms with Gasteiger partial charge < -0.3 is 15.8 Å². The van der Waals surface area contributed by atoms with E-state index < -0.39 is 5.41 Å². The van der Waals surface area contributed by atoms with Crippen molar-refractivity contribution >= 4 is 5.91 Å². The van der Waals surface area contributed by atoms with E-state index in [4.69, 9.17) is 10.5 Å². The van der Waals surface area contributed by atoms with E-state index >= 15 is 0 Å². The lowest BCUT2D eigenvalue weighted by Gasteiger charge is -2.36. The van der Waals surface area contributed by atoms with Crippen molar-refractivity contribution in [3.63, 3.8) is 0 Å². The Kier molecular flexibility index (Phi) is 7.21. The Morgan fingerprint density at radius 1 is 1.25 bits per heavy atom. The molecule has 24 heavy (non-hydrogen) atoms. The van der Waals surface area contributed by atoms with Crippen molar-refractivity contribution < 1.29 is 9.53 Å². The molecule has 134 valence electrons. The van der Waals surface area contributed by atoms with Crippen LogP contribution in [0.1, 0.15) is 38.3 Å². The molecule has 3 N–H and O–H groups in total. The van der Waals surface area contributed by atoms with E-state index in [1.165, 1.54) is 5.56 Å². The standard InChI is InChI=1S/C19H31N3O2/c1-3-19(4-2,15-20)18(23)21-14-17(16-8-6-5-7-9-16)22-10-12-24-13-11-22/h5-9,17H,3-4,10-15,20H2,1-2H3,(H,21,23). The number of amides is 1. The second kappa shape index (κ2) is 9.16. The van der Waals surface area contributed by atoms with Crippen LogP contribution < -0.4 is 11.1 Å². The highest BCUT2D eigenvalue weighted by Crippen LogP contribution is 2.26. The van der Waals surface area contributed by atoms with Crippen LogP contribution in [-0.4, -0.2) is 50.2 Å². The minimum atomic E-state index is -0.452. The third-order valence-corrected chi connectivity index (χ3v) is 5.35. The van der Waals surface area contributed by atoms with E-state index in [1.807, 2.05) is 32.0 Å². The van der Waals surface area contributed by atoms with E-state index in [1.54, 1.807) is 0 Å². The van der Waals surface area contributed by atoms with Crippen molar-refractivity contribution in [2.75, 3.05) is 39.4 Å². The Bertz CT molecular complexity index is 488. The molecule has 0 aliphatic carbocycles. The van der Waals surface area contributed by atoms with Gasteiger partial charge in [0.05, 0.1) is 24.7 Å². The summed E-state index contributed by atoms with van der Waals surface area (Å²) < 4.78 is 5.47. The Balaban J connectivity index is 2.09. The summed E-state index contributed by atoms with van der Waals surface area (Å²) in [5, 5.41) is 3.17. The molecule has 1 aliphatic heterocycles. The number of hydrogen-bond donors (Lipinski definition) is 2. The van der Waals surface area contributed by atoms with Gasteiger partial charge in [0.25, 0.3) is 0 Å². The fourth-order valence-corrected chi connectivity index (χ4v) is 3.35. The van der Waals surface area contributed by atoms with Crippen molar-refractivity contribution in [3.05, 3.63) is 35.9 Å². The van der Waals surface area contributed by atoms with Gasteiger partial charge in [0, 0.05) is 26.2 Å². The summed E-state index contributed by atoms with van der Waals surface area (Å²) in [5.74, 6) is 0.0733. The first-order chi connectivity index (χ1) is 11.7. The molecule has 0 spiro atoms. The van der Waals surface area contributed by atoms with Crippen LogP contribution in [0.3, 0.4) is 0 Å². The SMILES string of the molecule is CCC(CC)(CN)C(=O)NCC(c1ccccc1)N1CCOCC1. The van der Waals surface area contributed by atoms with Gasteiger partial charge in [-0.15, -0.1) is 0 Å². The lowest BCUT2D eigenvalue weighted by atomic mass is 9.81. The van der Waals surface area contributed by atoms with Gasteiger partial charge in [0.1, 0.15) is 0 Å². The second-order valence-electron chi connectivity index (χ2n) is 6.48. The first-order valence-electron chi connectivity index (χ1n) is 9.02. The molecule has 0 aromatic heterocycles. The van der Waals surface area contributed by atoms with Crippen LogP contribution in [-0.2, 0) is 9.53 Å². The highest BCUT2D eigenvalue weighted by Gasteiger charge is 2.34. The van der Waals surface area contributed by atoms with Crippen LogP contribution >= 0.6 is 0 Å². The van der Waals surface area contributed by atoms with Gasteiger partial charge in [-0.05, 0) is 18.4 Å². The molecule has 5 heteroatoms. The minimum Gasteiger partial charge on any atom is -0.379 e. The normalized spacial score (nSPS) is 17.5. The average Bonchev–Trinajstić information content (AvgIpc) is 2.65. The lowest BCUT2D eigenvalue weighted by Crippen LogP contribution is -2.49. The number of morpholine rings is 1. The maximum Gasteiger partial charge on any atom is 0.227 e. The number of nitrogens with two attached hydrogens (primary N) is 1. The predicted molar refractivity (Wildman–Crippen MR) is 96.7 cm³/mol. The number of nitrogens with zero attached hydrogens (tertiary/aromatic N) is 1. The van der Waals surface area contributed by atoms with E-state index in [2.05, 4.69) is 22.3 Å². The van der Waals surface area contributed by atoms with Crippen molar-refractivity contribution in [1.29, 1.82) is 0 Å². The molecule has 5 nitrogen and oxygen atoms in total. The molecule has 0 radical (unpaired) electrons. The third-order valence-electron chi connectivity index (χ3n) is 5.35. The Morgan fingerprint density at radius 3 is 2.42 bits per heavy atom. The molecule has 1 fully saturated rings. The molecule has 1 heterocycles.